The van der Waals surface area contributed by atoms with Crippen LogP contribution in [0.25, 0.3) is 0 Å². The van der Waals surface area contributed by atoms with Gasteiger partial charge in [0.1, 0.15) is 6.10 Å². The lowest BCUT2D eigenvalue weighted by molar-refractivity contribution is -0.120. The van der Waals surface area contributed by atoms with Crippen LogP contribution in [0.5, 0.6) is 0 Å². The van der Waals surface area contributed by atoms with Crippen molar-refractivity contribution in [2.45, 2.75) is 65.0 Å². The average molecular weight is 586 g/mol. The molecule has 2 aliphatic rings. The van der Waals surface area contributed by atoms with Crippen molar-refractivity contribution in [1.29, 1.82) is 0 Å². The van der Waals surface area contributed by atoms with Gasteiger partial charge in [0.15, 0.2) is 6.10 Å². The zero-order chi connectivity index (χ0) is 31.6. The molecular formula is C31H43N3O8. The maximum atomic E-state index is 13.5. The first-order valence-corrected chi connectivity index (χ1v) is 13.8. The van der Waals surface area contributed by atoms with Gasteiger partial charge in [-0.1, -0.05) is 44.2 Å². The van der Waals surface area contributed by atoms with Gasteiger partial charge in [-0.3, -0.25) is 14.4 Å². The highest BCUT2D eigenvalue weighted by Crippen LogP contribution is 2.28. The van der Waals surface area contributed by atoms with Crippen LogP contribution in [0.3, 0.4) is 0 Å². The Hall–Kier alpha value is -3.80. The number of hydrogen-bond donors (Lipinski definition) is 4. The summed E-state index contributed by atoms with van der Waals surface area (Å²) in [5.74, 6) is -2.14. The summed E-state index contributed by atoms with van der Waals surface area (Å²) in [6.07, 6.45) is 5.34. The monoisotopic (exact) mass is 585 g/mol. The molecule has 2 rings (SSSR count). The summed E-state index contributed by atoms with van der Waals surface area (Å²) in [5.41, 5.74) is 6.42. The molecular weight excluding hydrogens is 542 g/mol. The molecule has 5 N–H and O–H groups in total. The molecule has 0 radical (unpaired) electrons. The molecule has 0 unspecified atom stereocenters. The van der Waals surface area contributed by atoms with Crippen molar-refractivity contribution in [1.82, 2.24) is 10.6 Å². The lowest BCUT2D eigenvalue weighted by atomic mass is 9.85. The van der Waals surface area contributed by atoms with Gasteiger partial charge in [-0.2, -0.15) is 0 Å². The Balaban J connectivity index is 2.62. The summed E-state index contributed by atoms with van der Waals surface area (Å²) in [5, 5.41) is 16.7. The predicted octanol–water partition coefficient (Wildman–Crippen LogP) is 2.54. The molecule has 0 spiro atoms. The number of aliphatic hydroxyl groups is 1. The molecule has 1 heterocycles. The second-order valence-electron chi connectivity index (χ2n) is 10.6. The molecule has 11 nitrogen and oxygen atoms in total. The Kier molecular flexibility index (Phi) is 13.1. The van der Waals surface area contributed by atoms with E-state index in [0.717, 1.165) is 6.08 Å². The van der Waals surface area contributed by atoms with Gasteiger partial charge >= 0.3 is 6.09 Å². The molecule has 0 saturated carbocycles. The summed E-state index contributed by atoms with van der Waals surface area (Å²) in [7, 11) is 2.92. The molecule has 0 fully saturated rings. The van der Waals surface area contributed by atoms with Gasteiger partial charge in [0.25, 0.3) is 5.91 Å². The van der Waals surface area contributed by atoms with Crippen LogP contribution in [0.15, 0.2) is 71.1 Å². The third-order valence-electron chi connectivity index (χ3n) is 7.22. The predicted molar refractivity (Wildman–Crippen MR) is 158 cm³/mol. The highest BCUT2D eigenvalue weighted by atomic mass is 16.6. The standard InChI is InChI=1S/C31H43N3O8/c1-8-12-33-26-21-13-17(2)14-25(41-7)27(36)19(4)15-20(5)29(42-31(32)39)24(40-6)11-9-10-18(3)30(38)34-22(28(21)37)16-23(26)35/h8-11,15-17,19,24-25,27,29,33,36H,1,12-14H2,2-7H3,(H2,32,39)(H,34,38)/t17-,19+,24+,25+,27+,29+/m1/s1. The van der Waals surface area contributed by atoms with Gasteiger partial charge < -0.3 is 35.7 Å². The number of carbonyl (C=O) groups excluding carboxylic acids is 4. The lowest BCUT2D eigenvalue weighted by Gasteiger charge is -2.30. The topological polar surface area (TPSA) is 166 Å². The smallest absolute Gasteiger partial charge is 0.405 e. The molecule has 0 aromatic heterocycles. The molecule has 1 aliphatic carbocycles. The molecule has 1 aliphatic heterocycles. The van der Waals surface area contributed by atoms with E-state index in [1.54, 1.807) is 45.1 Å². The molecule has 0 saturated heterocycles. The van der Waals surface area contributed by atoms with Gasteiger partial charge in [-0.15, -0.1) is 6.58 Å². The lowest BCUT2D eigenvalue weighted by Crippen LogP contribution is -2.37. The summed E-state index contributed by atoms with van der Waals surface area (Å²) in [4.78, 5) is 51.3. The number of nitrogens with one attached hydrogen (secondary N) is 2. The maximum absolute atomic E-state index is 13.5. The third-order valence-corrected chi connectivity index (χ3v) is 7.22. The van der Waals surface area contributed by atoms with Crippen LogP contribution >= 0.6 is 0 Å². The van der Waals surface area contributed by atoms with Crippen molar-refractivity contribution < 1.29 is 38.5 Å². The molecule has 230 valence electrons. The number of allylic oxidation sites excluding steroid dienone is 4. The minimum Gasteiger partial charge on any atom is -0.439 e. The number of methoxy groups -OCH3 is 2. The Morgan fingerprint density at radius 2 is 1.90 bits per heavy atom. The van der Waals surface area contributed by atoms with Crippen molar-refractivity contribution in [2.75, 3.05) is 20.8 Å². The van der Waals surface area contributed by atoms with E-state index in [1.807, 2.05) is 6.92 Å². The maximum Gasteiger partial charge on any atom is 0.405 e. The van der Waals surface area contributed by atoms with Crippen LogP contribution in [-0.4, -0.2) is 73.9 Å². The fourth-order valence-corrected chi connectivity index (χ4v) is 4.95. The van der Waals surface area contributed by atoms with E-state index in [9.17, 15) is 24.3 Å². The molecule has 2 amide bonds. The third kappa shape index (κ3) is 9.10. The molecule has 42 heavy (non-hydrogen) atoms. The number of fused-ring (bicyclic) bond motifs is 2. The highest BCUT2D eigenvalue weighted by Gasteiger charge is 2.33. The van der Waals surface area contributed by atoms with Crippen LogP contribution in [0.2, 0.25) is 0 Å². The Bertz CT molecular complexity index is 1210. The Labute approximate surface area is 247 Å². The van der Waals surface area contributed by atoms with Gasteiger partial charge in [0, 0.05) is 43.9 Å². The first kappa shape index (κ1) is 34.4. The van der Waals surface area contributed by atoms with Crippen molar-refractivity contribution >= 4 is 23.6 Å². The average Bonchev–Trinajstić information content (AvgIpc) is 2.94. The van der Waals surface area contributed by atoms with E-state index in [4.69, 9.17) is 19.9 Å². The van der Waals surface area contributed by atoms with E-state index in [-0.39, 0.29) is 41.4 Å². The number of rotatable bonds is 6. The number of hydrogen-bond acceptors (Lipinski definition) is 9. The summed E-state index contributed by atoms with van der Waals surface area (Å²) < 4.78 is 16.6. The zero-order valence-corrected chi connectivity index (χ0v) is 25.1. The number of primary amides is 1. The van der Waals surface area contributed by atoms with E-state index in [1.165, 1.54) is 20.3 Å². The first-order valence-electron chi connectivity index (χ1n) is 13.8. The van der Waals surface area contributed by atoms with Crippen molar-refractivity contribution in [3.63, 3.8) is 0 Å². The van der Waals surface area contributed by atoms with E-state index >= 15 is 0 Å². The van der Waals surface area contributed by atoms with Gasteiger partial charge in [0.05, 0.1) is 23.6 Å². The minimum absolute atomic E-state index is 0.132. The molecule has 6 atom stereocenters. The number of Topliss-reactive ketones (excluding diaryl/α,β-unsaturated/α-hetero) is 1. The molecule has 0 aromatic rings. The summed E-state index contributed by atoms with van der Waals surface area (Å²) in [6, 6.07) is 0. The van der Waals surface area contributed by atoms with Gasteiger partial charge in [0.2, 0.25) is 11.6 Å². The second kappa shape index (κ2) is 16.0. The second-order valence-corrected chi connectivity index (χ2v) is 10.6. The minimum atomic E-state index is -1.00. The number of amides is 2. The van der Waals surface area contributed by atoms with Crippen LogP contribution < -0.4 is 16.4 Å². The molecule has 11 heteroatoms. The highest BCUT2D eigenvalue weighted by molar-refractivity contribution is 6.23. The SMILES string of the molecule is C=CCNC1=C2C[C@@H](C)C[C@H](OC)[C@@H](O)[C@@H](C)C=C(C)[C@H](OC(N)=O)[C@@H](OC)C=CC=C(C)C(=O)NC(=CC1=O)C2=O. The van der Waals surface area contributed by atoms with E-state index < -0.39 is 53.9 Å². The van der Waals surface area contributed by atoms with Crippen LogP contribution in [0, 0.1) is 11.8 Å². The molecule has 2 bridgehead atoms. The van der Waals surface area contributed by atoms with E-state index in [2.05, 4.69) is 17.2 Å². The number of aliphatic hydroxyl groups excluding tert-OH is 1. The fourth-order valence-electron chi connectivity index (χ4n) is 4.95. The van der Waals surface area contributed by atoms with Gasteiger partial charge in [-0.25, -0.2) is 4.79 Å². The van der Waals surface area contributed by atoms with Gasteiger partial charge in [-0.05, 0) is 38.2 Å². The van der Waals surface area contributed by atoms with Crippen molar-refractivity contribution in [3.05, 3.63) is 71.1 Å². The Morgan fingerprint density at radius 3 is 2.50 bits per heavy atom. The van der Waals surface area contributed by atoms with Crippen LogP contribution in [0.4, 0.5) is 4.79 Å². The van der Waals surface area contributed by atoms with Crippen molar-refractivity contribution in [3.8, 4) is 0 Å². The fraction of sp³-hybridized carbons (Fsp3) is 0.484. The van der Waals surface area contributed by atoms with E-state index in [0.29, 0.717) is 12.0 Å². The zero-order valence-electron chi connectivity index (χ0n) is 25.1. The number of carbonyl (C=O) groups is 4. The van der Waals surface area contributed by atoms with Crippen molar-refractivity contribution in [2.24, 2.45) is 17.6 Å². The van der Waals surface area contributed by atoms with Crippen LogP contribution in [-0.2, 0) is 28.6 Å². The summed E-state index contributed by atoms with van der Waals surface area (Å²) >= 11 is 0. The number of ether oxygens (including phenoxy) is 3. The molecule has 0 aromatic carbocycles. The number of nitrogens with two attached hydrogens (primary N) is 1. The Morgan fingerprint density at radius 1 is 1.21 bits per heavy atom. The number of ketones is 2. The first-order chi connectivity index (χ1) is 19.8. The normalized spacial score (nSPS) is 28.4. The van der Waals surface area contributed by atoms with Crippen LogP contribution in [0.1, 0.15) is 40.5 Å². The largest absolute Gasteiger partial charge is 0.439 e. The summed E-state index contributed by atoms with van der Waals surface area (Å²) in [6.45, 7) is 10.9. The quantitative estimate of drug-likeness (QED) is 0.271.